The van der Waals surface area contributed by atoms with Crippen molar-refractivity contribution in [2.24, 2.45) is 0 Å². The molecule has 3 nitrogen and oxygen atoms in total. The van der Waals surface area contributed by atoms with Crippen LogP contribution in [0.5, 0.6) is 0 Å². The molecule has 0 aromatic heterocycles. The number of hydrogen-bond acceptors (Lipinski definition) is 2. The van der Waals surface area contributed by atoms with Gasteiger partial charge in [-0.05, 0) is 38.8 Å². The summed E-state index contributed by atoms with van der Waals surface area (Å²) >= 11 is 0. The molecule has 154 valence electrons. The molecule has 1 aliphatic rings. The molecule has 0 amide bonds. The third-order valence-electron chi connectivity index (χ3n) is 5.99. The van der Waals surface area contributed by atoms with E-state index in [4.69, 9.17) is 5.11 Å². The van der Waals surface area contributed by atoms with Crippen molar-refractivity contribution in [1.29, 1.82) is 0 Å². The monoisotopic (exact) mass is 367 g/mol. The van der Waals surface area contributed by atoms with Crippen molar-refractivity contribution in [3.63, 3.8) is 0 Å². The predicted octanol–water partition coefficient (Wildman–Crippen LogP) is 6.80. The van der Waals surface area contributed by atoms with Gasteiger partial charge in [0.25, 0.3) is 0 Å². The summed E-state index contributed by atoms with van der Waals surface area (Å²) in [6, 6.07) is 0.509. The first-order valence-corrected chi connectivity index (χ1v) is 11.7. The molecule has 0 spiro atoms. The molecule has 26 heavy (non-hydrogen) atoms. The number of piperidine rings is 1. The molecule has 0 aromatic rings. The van der Waals surface area contributed by atoms with Crippen LogP contribution in [0.4, 0.5) is 0 Å². The van der Waals surface area contributed by atoms with Crippen LogP contribution in [0.2, 0.25) is 0 Å². The fraction of sp³-hybridized carbons (Fsp3) is 0.957. The van der Waals surface area contributed by atoms with Gasteiger partial charge in [0.05, 0.1) is 0 Å². The Balaban J connectivity index is 2.00. The summed E-state index contributed by atoms with van der Waals surface area (Å²) < 4.78 is 0. The fourth-order valence-electron chi connectivity index (χ4n) is 4.30. The summed E-state index contributed by atoms with van der Waals surface area (Å²) in [5, 5.41) is 9.01. The molecule has 0 bridgehead atoms. The number of aliphatic carboxylic acids is 1. The summed E-state index contributed by atoms with van der Waals surface area (Å²) in [6.45, 7) is 4.64. The molecule has 1 aliphatic heterocycles. The summed E-state index contributed by atoms with van der Waals surface area (Å²) in [7, 11) is 0. The number of rotatable bonds is 17. The van der Waals surface area contributed by atoms with Crippen LogP contribution in [0.25, 0.3) is 0 Å². The average molecular weight is 368 g/mol. The molecule has 1 N–H and O–H groups in total. The molecule has 0 saturated carbocycles. The van der Waals surface area contributed by atoms with Gasteiger partial charge in [-0.2, -0.15) is 0 Å². The zero-order valence-corrected chi connectivity index (χ0v) is 17.5. The number of unbranched alkanes of at least 4 members (excludes halogenated alkanes) is 11. The second kappa shape index (κ2) is 16.6. The van der Waals surface area contributed by atoms with Gasteiger partial charge < -0.3 is 10.0 Å². The Bertz CT molecular complexity index is 326. The lowest BCUT2D eigenvalue weighted by Gasteiger charge is -2.34. The van der Waals surface area contributed by atoms with Crippen LogP contribution in [-0.4, -0.2) is 35.1 Å². The number of carbonyl (C=O) groups is 1. The zero-order valence-electron chi connectivity index (χ0n) is 17.5. The van der Waals surface area contributed by atoms with Gasteiger partial charge in [-0.15, -0.1) is 0 Å². The van der Waals surface area contributed by atoms with Crippen LogP contribution in [0.1, 0.15) is 122 Å². The van der Waals surface area contributed by atoms with Crippen LogP contribution in [-0.2, 0) is 4.79 Å². The smallest absolute Gasteiger partial charge is 0.303 e. The quantitative estimate of drug-likeness (QED) is 0.287. The SMILES string of the molecule is CCCCCCCCCCCCCCC(CCC(=O)O)N1CCCCC1. The molecule has 1 saturated heterocycles. The van der Waals surface area contributed by atoms with Gasteiger partial charge in [-0.25, -0.2) is 0 Å². The summed E-state index contributed by atoms with van der Waals surface area (Å²) in [5.74, 6) is -0.637. The van der Waals surface area contributed by atoms with Gasteiger partial charge in [0, 0.05) is 12.5 Å². The molecule has 1 fully saturated rings. The fourth-order valence-corrected chi connectivity index (χ4v) is 4.30. The third kappa shape index (κ3) is 12.7. The van der Waals surface area contributed by atoms with Crippen molar-refractivity contribution >= 4 is 5.97 Å². The minimum Gasteiger partial charge on any atom is -0.481 e. The highest BCUT2D eigenvalue weighted by molar-refractivity contribution is 5.66. The van der Waals surface area contributed by atoms with Gasteiger partial charge in [-0.3, -0.25) is 4.79 Å². The number of carboxylic acid groups (broad SMARTS) is 1. The van der Waals surface area contributed by atoms with Crippen molar-refractivity contribution in [3.05, 3.63) is 0 Å². The van der Waals surface area contributed by atoms with Crippen LogP contribution in [0, 0.1) is 0 Å². The maximum absolute atomic E-state index is 10.9. The van der Waals surface area contributed by atoms with Crippen molar-refractivity contribution in [3.8, 4) is 0 Å². The Hall–Kier alpha value is -0.570. The maximum atomic E-state index is 10.9. The molecule has 0 aliphatic carbocycles. The van der Waals surface area contributed by atoms with Crippen LogP contribution in [0.3, 0.4) is 0 Å². The van der Waals surface area contributed by atoms with Gasteiger partial charge in [0.15, 0.2) is 0 Å². The van der Waals surface area contributed by atoms with E-state index >= 15 is 0 Å². The first-order chi connectivity index (χ1) is 12.7. The molecule has 0 aromatic carbocycles. The van der Waals surface area contributed by atoms with E-state index in [1.807, 2.05) is 0 Å². The number of hydrogen-bond donors (Lipinski definition) is 1. The molecule has 1 unspecified atom stereocenters. The minimum absolute atomic E-state index is 0.333. The highest BCUT2D eigenvalue weighted by atomic mass is 16.4. The van der Waals surface area contributed by atoms with Crippen LogP contribution < -0.4 is 0 Å². The van der Waals surface area contributed by atoms with E-state index in [2.05, 4.69) is 11.8 Å². The van der Waals surface area contributed by atoms with E-state index in [1.165, 1.54) is 116 Å². The Labute approximate surface area is 162 Å². The van der Waals surface area contributed by atoms with E-state index in [-0.39, 0.29) is 0 Å². The zero-order chi connectivity index (χ0) is 18.9. The molecule has 3 heteroatoms. The summed E-state index contributed by atoms with van der Waals surface area (Å²) in [6.07, 6.45) is 23.0. The Morgan fingerprint density at radius 2 is 1.27 bits per heavy atom. The summed E-state index contributed by atoms with van der Waals surface area (Å²) in [4.78, 5) is 13.5. The van der Waals surface area contributed by atoms with Crippen LogP contribution >= 0.6 is 0 Å². The maximum Gasteiger partial charge on any atom is 0.303 e. The second-order valence-corrected chi connectivity index (χ2v) is 8.36. The first-order valence-electron chi connectivity index (χ1n) is 11.7. The molecular formula is C23H45NO2. The molecule has 0 radical (unpaired) electrons. The number of nitrogens with zero attached hydrogens (tertiary/aromatic N) is 1. The van der Waals surface area contributed by atoms with E-state index in [0.29, 0.717) is 12.5 Å². The summed E-state index contributed by atoms with van der Waals surface area (Å²) in [5.41, 5.74) is 0. The topological polar surface area (TPSA) is 40.5 Å². The van der Waals surface area contributed by atoms with E-state index in [0.717, 1.165) is 6.42 Å². The third-order valence-corrected chi connectivity index (χ3v) is 5.99. The van der Waals surface area contributed by atoms with Crippen molar-refractivity contribution in [2.75, 3.05) is 13.1 Å². The van der Waals surface area contributed by atoms with Crippen molar-refractivity contribution in [1.82, 2.24) is 4.90 Å². The van der Waals surface area contributed by atoms with Gasteiger partial charge in [0.1, 0.15) is 0 Å². The Morgan fingerprint density at radius 1 is 0.769 bits per heavy atom. The van der Waals surface area contributed by atoms with E-state index in [1.54, 1.807) is 0 Å². The predicted molar refractivity (Wildman–Crippen MR) is 112 cm³/mol. The van der Waals surface area contributed by atoms with Crippen molar-refractivity contribution < 1.29 is 9.90 Å². The van der Waals surface area contributed by atoms with Crippen molar-refractivity contribution in [2.45, 2.75) is 129 Å². The largest absolute Gasteiger partial charge is 0.481 e. The first kappa shape index (κ1) is 23.5. The number of carboxylic acids is 1. The Morgan fingerprint density at radius 3 is 1.77 bits per heavy atom. The van der Waals surface area contributed by atoms with Crippen LogP contribution in [0.15, 0.2) is 0 Å². The van der Waals surface area contributed by atoms with Gasteiger partial charge >= 0.3 is 5.97 Å². The Kier molecular flexibility index (Phi) is 15.0. The molecular weight excluding hydrogens is 322 g/mol. The highest BCUT2D eigenvalue weighted by Crippen LogP contribution is 2.21. The van der Waals surface area contributed by atoms with E-state index in [9.17, 15) is 4.79 Å². The lowest BCUT2D eigenvalue weighted by molar-refractivity contribution is -0.137. The standard InChI is InChI=1S/C23H45NO2/c1-2-3-4-5-6-7-8-9-10-11-12-14-17-22(18-19-23(25)26)24-20-15-13-16-21-24/h22H,2-21H2,1H3,(H,25,26). The molecule has 1 heterocycles. The number of likely N-dealkylation sites (tertiary alicyclic amines) is 1. The lowest BCUT2D eigenvalue weighted by Crippen LogP contribution is -2.39. The molecule has 1 atom stereocenters. The second-order valence-electron chi connectivity index (χ2n) is 8.36. The average Bonchev–Trinajstić information content (AvgIpc) is 2.65. The lowest BCUT2D eigenvalue weighted by atomic mass is 9.98. The highest BCUT2D eigenvalue weighted by Gasteiger charge is 2.20. The minimum atomic E-state index is -0.637. The van der Waals surface area contributed by atoms with Gasteiger partial charge in [-0.1, -0.05) is 90.4 Å². The normalized spacial score (nSPS) is 16.7. The molecule has 1 rings (SSSR count). The van der Waals surface area contributed by atoms with Gasteiger partial charge in [0.2, 0.25) is 0 Å². The van der Waals surface area contributed by atoms with E-state index < -0.39 is 5.97 Å².